The Hall–Kier alpha value is -2.85. The summed E-state index contributed by atoms with van der Waals surface area (Å²) in [4.78, 5) is 37.7. The monoisotopic (exact) mass is 506 g/mol. The second-order valence-corrected chi connectivity index (χ2v) is 10.3. The number of nitrogens with two attached hydrogens (primary N) is 1. The predicted molar refractivity (Wildman–Crippen MR) is 137 cm³/mol. The molecule has 1 aromatic rings. The number of benzene rings is 1. The zero-order chi connectivity index (χ0) is 26.6. The molecule has 10 heteroatoms. The summed E-state index contributed by atoms with van der Waals surface area (Å²) >= 11 is 0. The van der Waals surface area contributed by atoms with Gasteiger partial charge in [0.15, 0.2) is 0 Å². The number of hydrogen-bond donors (Lipinski definition) is 5. The van der Waals surface area contributed by atoms with Crippen LogP contribution in [0.15, 0.2) is 24.3 Å². The van der Waals surface area contributed by atoms with Crippen molar-refractivity contribution in [3.63, 3.8) is 0 Å². The normalized spacial score (nSPS) is 20.6. The highest BCUT2D eigenvalue weighted by Gasteiger charge is 2.31. The molecule has 1 aromatic carbocycles. The summed E-state index contributed by atoms with van der Waals surface area (Å²) in [7, 11) is 0. The first-order valence-corrected chi connectivity index (χ1v) is 12.7. The third-order valence-electron chi connectivity index (χ3n) is 6.13. The summed E-state index contributed by atoms with van der Waals surface area (Å²) in [5, 5.41) is 17.7. The van der Waals surface area contributed by atoms with Crippen LogP contribution < -0.4 is 26.4 Å². The van der Waals surface area contributed by atoms with Crippen LogP contribution in [0.25, 0.3) is 0 Å². The van der Waals surface area contributed by atoms with Crippen molar-refractivity contribution in [2.75, 3.05) is 26.4 Å². The molecule has 10 nitrogen and oxygen atoms in total. The van der Waals surface area contributed by atoms with E-state index in [9.17, 15) is 19.5 Å². The molecule has 2 aliphatic heterocycles. The number of fused-ring (bicyclic) bond motifs is 13. The van der Waals surface area contributed by atoms with E-state index in [0.717, 1.165) is 24.2 Å². The standard InChI is InChI=1S/C26H42N4O6/c1-26(2,3)22-17-35-14-6-7-15-36-19-11-9-18(10-12-19)16-21(23(31)30-22)29-25(34)28-20(24(32)33)8-4-5-13-27/h9-12,20-22H,4-8,13-17,27H2,1-3H3,(H,30,31)(H,32,33)(H2,28,29,34)/t20-,21+,22+/m0/s1. The molecule has 36 heavy (non-hydrogen) atoms. The SMILES string of the molecule is CC(C)(C)[C@H]1COCCCCOc2ccc(cc2)C[C@@H](NC(=O)N[C@@H](CCCCN)C(=O)O)C(=O)N1. The van der Waals surface area contributed by atoms with Crippen molar-refractivity contribution in [1.82, 2.24) is 16.0 Å². The van der Waals surface area contributed by atoms with Gasteiger partial charge < -0.3 is 36.3 Å². The second-order valence-electron chi connectivity index (χ2n) is 10.3. The van der Waals surface area contributed by atoms with Crippen molar-refractivity contribution in [3.8, 4) is 5.75 Å². The fourth-order valence-corrected chi connectivity index (χ4v) is 3.75. The van der Waals surface area contributed by atoms with Crippen LogP contribution in [0.4, 0.5) is 4.79 Å². The van der Waals surface area contributed by atoms with Gasteiger partial charge in [0.05, 0.1) is 19.3 Å². The fraction of sp³-hybridized carbons (Fsp3) is 0.654. The first-order valence-electron chi connectivity index (χ1n) is 12.7. The first kappa shape index (κ1) is 29.4. The Bertz CT molecular complexity index is 840. The number of carbonyl (C=O) groups is 3. The average molecular weight is 507 g/mol. The number of carbonyl (C=O) groups excluding carboxylic acids is 2. The number of rotatable bonds is 7. The summed E-state index contributed by atoms with van der Waals surface area (Å²) < 4.78 is 11.6. The zero-order valence-corrected chi connectivity index (χ0v) is 21.7. The molecule has 3 atom stereocenters. The van der Waals surface area contributed by atoms with Gasteiger partial charge in [0.2, 0.25) is 5.91 Å². The lowest BCUT2D eigenvalue weighted by Crippen LogP contribution is -2.57. The molecule has 0 saturated heterocycles. The van der Waals surface area contributed by atoms with Crippen LogP contribution in [0.2, 0.25) is 0 Å². The molecule has 202 valence electrons. The maximum atomic E-state index is 13.4. The van der Waals surface area contributed by atoms with E-state index in [0.29, 0.717) is 39.2 Å². The predicted octanol–water partition coefficient (Wildman–Crippen LogP) is 2.20. The van der Waals surface area contributed by atoms with Gasteiger partial charge in [-0.3, -0.25) is 4.79 Å². The quantitative estimate of drug-likeness (QED) is 0.356. The van der Waals surface area contributed by atoms with Gasteiger partial charge in [-0.05, 0) is 61.8 Å². The highest BCUT2D eigenvalue weighted by Crippen LogP contribution is 2.21. The molecule has 2 aliphatic rings. The van der Waals surface area contributed by atoms with Gasteiger partial charge >= 0.3 is 12.0 Å². The van der Waals surface area contributed by atoms with Crippen molar-refractivity contribution >= 4 is 17.9 Å². The average Bonchev–Trinajstić information content (AvgIpc) is 2.81. The van der Waals surface area contributed by atoms with E-state index in [1.807, 2.05) is 45.0 Å². The van der Waals surface area contributed by atoms with Crippen LogP contribution in [-0.2, 0) is 20.7 Å². The van der Waals surface area contributed by atoms with Crippen molar-refractivity contribution in [2.45, 2.75) is 77.4 Å². The molecule has 0 aliphatic carbocycles. The molecule has 0 aromatic heterocycles. The number of ether oxygens (including phenoxy) is 2. The van der Waals surface area contributed by atoms with Crippen molar-refractivity contribution in [2.24, 2.45) is 11.1 Å². The van der Waals surface area contributed by atoms with E-state index in [-0.39, 0.29) is 30.2 Å². The zero-order valence-electron chi connectivity index (χ0n) is 21.7. The number of aliphatic carboxylic acids is 1. The number of urea groups is 1. The summed E-state index contributed by atoms with van der Waals surface area (Å²) in [5.74, 6) is -0.769. The van der Waals surface area contributed by atoms with E-state index in [1.54, 1.807) is 0 Å². The van der Waals surface area contributed by atoms with E-state index in [1.165, 1.54) is 0 Å². The van der Waals surface area contributed by atoms with Gasteiger partial charge in [0, 0.05) is 13.0 Å². The summed E-state index contributed by atoms with van der Waals surface area (Å²) in [6.45, 7) is 7.97. The Morgan fingerprint density at radius 1 is 1.17 bits per heavy atom. The topological polar surface area (TPSA) is 152 Å². The number of nitrogens with one attached hydrogen (secondary N) is 3. The molecule has 0 spiro atoms. The van der Waals surface area contributed by atoms with Crippen LogP contribution in [0, 0.1) is 5.41 Å². The second kappa shape index (κ2) is 14.6. The number of carboxylic acid groups (broad SMARTS) is 1. The van der Waals surface area contributed by atoms with Crippen LogP contribution in [0.5, 0.6) is 5.75 Å². The summed E-state index contributed by atoms with van der Waals surface area (Å²) in [6, 6.07) is 4.40. The van der Waals surface area contributed by atoms with Gasteiger partial charge in [0.25, 0.3) is 0 Å². The fourth-order valence-electron chi connectivity index (χ4n) is 3.75. The van der Waals surface area contributed by atoms with Crippen molar-refractivity contribution in [1.29, 1.82) is 0 Å². The molecule has 6 N–H and O–H groups in total. The lowest BCUT2D eigenvalue weighted by Gasteiger charge is -2.33. The summed E-state index contributed by atoms with van der Waals surface area (Å²) in [5.41, 5.74) is 6.03. The van der Waals surface area contributed by atoms with Crippen LogP contribution >= 0.6 is 0 Å². The molecule has 2 heterocycles. The maximum absolute atomic E-state index is 13.4. The lowest BCUT2D eigenvalue weighted by atomic mass is 9.87. The third-order valence-corrected chi connectivity index (χ3v) is 6.13. The molecule has 2 bridgehead atoms. The minimum Gasteiger partial charge on any atom is -0.494 e. The molecule has 0 radical (unpaired) electrons. The van der Waals surface area contributed by atoms with E-state index >= 15 is 0 Å². The largest absolute Gasteiger partial charge is 0.494 e. The maximum Gasteiger partial charge on any atom is 0.326 e. The molecular formula is C26H42N4O6. The minimum absolute atomic E-state index is 0.224. The van der Waals surface area contributed by atoms with Crippen LogP contribution in [0.1, 0.15) is 58.4 Å². The molecular weight excluding hydrogens is 464 g/mol. The Balaban J connectivity index is 2.21. The van der Waals surface area contributed by atoms with E-state index in [4.69, 9.17) is 15.2 Å². The van der Waals surface area contributed by atoms with Gasteiger partial charge in [-0.2, -0.15) is 0 Å². The minimum atomic E-state index is -1.13. The lowest BCUT2D eigenvalue weighted by molar-refractivity contribution is -0.139. The Labute approximate surface area is 213 Å². The van der Waals surface area contributed by atoms with Gasteiger partial charge in [0.1, 0.15) is 17.8 Å². The van der Waals surface area contributed by atoms with Gasteiger partial charge in [-0.1, -0.05) is 32.9 Å². The third kappa shape index (κ3) is 10.4. The Kier molecular flexibility index (Phi) is 12.0. The van der Waals surface area contributed by atoms with Crippen LogP contribution in [0.3, 0.4) is 0 Å². The molecule has 3 rings (SSSR count). The summed E-state index contributed by atoms with van der Waals surface area (Å²) in [6.07, 6.45) is 3.40. The Morgan fingerprint density at radius 2 is 1.86 bits per heavy atom. The van der Waals surface area contributed by atoms with E-state index < -0.39 is 24.1 Å². The molecule has 3 amide bonds. The number of amides is 3. The molecule has 0 saturated carbocycles. The molecule has 0 fully saturated rings. The molecule has 0 unspecified atom stereocenters. The van der Waals surface area contributed by atoms with Crippen molar-refractivity contribution < 1.29 is 29.0 Å². The number of carboxylic acids is 1. The van der Waals surface area contributed by atoms with Crippen LogP contribution in [-0.4, -0.2) is 67.5 Å². The van der Waals surface area contributed by atoms with Crippen molar-refractivity contribution in [3.05, 3.63) is 29.8 Å². The number of hydrogen-bond acceptors (Lipinski definition) is 6. The number of unbranched alkanes of at least 4 members (excludes halogenated alkanes) is 1. The first-order chi connectivity index (χ1) is 17.1. The highest BCUT2D eigenvalue weighted by atomic mass is 16.5. The van der Waals surface area contributed by atoms with Gasteiger partial charge in [-0.25, -0.2) is 9.59 Å². The van der Waals surface area contributed by atoms with Gasteiger partial charge in [-0.15, -0.1) is 0 Å². The van der Waals surface area contributed by atoms with E-state index in [2.05, 4.69) is 16.0 Å². The Morgan fingerprint density at radius 3 is 2.50 bits per heavy atom. The smallest absolute Gasteiger partial charge is 0.326 e. The highest BCUT2D eigenvalue weighted by molar-refractivity contribution is 5.89.